The van der Waals surface area contributed by atoms with Crippen molar-refractivity contribution in [3.8, 4) is 0 Å². The summed E-state index contributed by atoms with van der Waals surface area (Å²) in [5, 5.41) is 13.4. The van der Waals surface area contributed by atoms with Crippen LogP contribution in [0.2, 0.25) is 0 Å². The van der Waals surface area contributed by atoms with Gasteiger partial charge in [0.15, 0.2) is 5.13 Å². The molecule has 0 fully saturated rings. The highest BCUT2D eigenvalue weighted by Crippen LogP contribution is 2.41. The second kappa shape index (κ2) is 4.83. The Bertz CT molecular complexity index is 634. The molecule has 0 bridgehead atoms. The zero-order valence-electron chi connectivity index (χ0n) is 11.5. The number of aliphatic hydroxyl groups excluding tert-OH is 1. The SMILES string of the molecule is CC1c2ccsc2CCN1c1nc2c(s1)CCCC2O. The Labute approximate surface area is 126 Å². The van der Waals surface area contributed by atoms with Crippen LogP contribution in [0.3, 0.4) is 0 Å². The van der Waals surface area contributed by atoms with E-state index in [1.165, 1.54) is 15.3 Å². The van der Waals surface area contributed by atoms with E-state index in [0.29, 0.717) is 6.04 Å². The van der Waals surface area contributed by atoms with Crippen molar-refractivity contribution < 1.29 is 5.11 Å². The molecule has 3 nitrogen and oxygen atoms in total. The van der Waals surface area contributed by atoms with Crippen LogP contribution >= 0.6 is 22.7 Å². The van der Waals surface area contributed by atoms with Gasteiger partial charge in [0.05, 0.1) is 17.8 Å². The maximum atomic E-state index is 10.1. The number of rotatable bonds is 1. The van der Waals surface area contributed by atoms with Gasteiger partial charge in [0.25, 0.3) is 0 Å². The van der Waals surface area contributed by atoms with E-state index < -0.39 is 0 Å². The zero-order valence-corrected chi connectivity index (χ0v) is 13.1. The number of aryl methyl sites for hydroxylation is 1. The number of thiophene rings is 1. The monoisotopic (exact) mass is 306 g/mol. The highest BCUT2D eigenvalue weighted by molar-refractivity contribution is 7.15. The molecule has 0 radical (unpaired) electrons. The molecule has 2 aromatic heterocycles. The van der Waals surface area contributed by atoms with E-state index in [1.54, 1.807) is 11.3 Å². The largest absolute Gasteiger partial charge is 0.387 e. The average Bonchev–Trinajstić information content (AvgIpc) is 3.06. The summed E-state index contributed by atoms with van der Waals surface area (Å²) in [6.45, 7) is 3.30. The second-order valence-corrected chi connectivity index (χ2v) is 7.69. The number of nitrogens with zero attached hydrogens (tertiary/aromatic N) is 2. The van der Waals surface area contributed by atoms with Gasteiger partial charge in [-0.1, -0.05) is 0 Å². The van der Waals surface area contributed by atoms with Crippen LogP contribution in [0.1, 0.15) is 52.9 Å². The number of aliphatic hydroxyl groups is 1. The molecule has 2 aromatic rings. The van der Waals surface area contributed by atoms with E-state index in [4.69, 9.17) is 4.98 Å². The fourth-order valence-corrected chi connectivity index (χ4v) is 5.50. The fourth-order valence-electron chi connectivity index (χ4n) is 3.28. The first-order chi connectivity index (χ1) is 9.74. The Hall–Kier alpha value is -0.910. The lowest BCUT2D eigenvalue weighted by molar-refractivity contribution is 0.153. The lowest BCUT2D eigenvalue weighted by Crippen LogP contribution is -2.33. The number of thiazole rings is 1. The smallest absolute Gasteiger partial charge is 0.186 e. The number of hydrogen-bond donors (Lipinski definition) is 1. The molecule has 20 heavy (non-hydrogen) atoms. The molecule has 0 aromatic carbocycles. The van der Waals surface area contributed by atoms with Crippen molar-refractivity contribution in [2.24, 2.45) is 0 Å². The molecular formula is C15H18N2OS2. The molecule has 1 aliphatic heterocycles. The Balaban J connectivity index is 1.69. The van der Waals surface area contributed by atoms with Crippen molar-refractivity contribution >= 4 is 27.8 Å². The predicted octanol–water partition coefficient (Wildman–Crippen LogP) is 3.70. The van der Waals surface area contributed by atoms with Gasteiger partial charge in [-0.3, -0.25) is 0 Å². The highest BCUT2D eigenvalue weighted by atomic mass is 32.1. The van der Waals surface area contributed by atoms with Gasteiger partial charge >= 0.3 is 0 Å². The van der Waals surface area contributed by atoms with Crippen molar-refractivity contribution in [3.05, 3.63) is 32.5 Å². The van der Waals surface area contributed by atoms with Crippen LogP contribution in [-0.2, 0) is 12.8 Å². The summed E-state index contributed by atoms with van der Waals surface area (Å²) in [6, 6.07) is 2.65. The van der Waals surface area contributed by atoms with Gasteiger partial charge in [-0.05, 0) is 49.6 Å². The van der Waals surface area contributed by atoms with E-state index in [1.807, 2.05) is 11.3 Å². The lowest BCUT2D eigenvalue weighted by Gasteiger charge is -2.33. The summed E-state index contributed by atoms with van der Waals surface area (Å²) in [5.41, 5.74) is 2.40. The first-order valence-electron chi connectivity index (χ1n) is 7.24. The molecule has 1 N–H and O–H groups in total. The Morgan fingerprint density at radius 2 is 2.25 bits per heavy atom. The van der Waals surface area contributed by atoms with E-state index in [0.717, 1.165) is 43.1 Å². The van der Waals surface area contributed by atoms with Crippen LogP contribution < -0.4 is 4.90 Å². The molecule has 2 atom stereocenters. The topological polar surface area (TPSA) is 36.4 Å². The molecule has 2 aliphatic rings. The molecule has 5 heteroatoms. The summed E-state index contributed by atoms with van der Waals surface area (Å²) >= 11 is 3.66. The molecule has 2 unspecified atom stereocenters. The van der Waals surface area contributed by atoms with E-state index in [-0.39, 0.29) is 6.10 Å². The normalized spacial score (nSPS) is 25.4. The molecule has 4 rings (SSSR count). The van der Waals surface area contributed by atoms with Gasteiger partial charge in [-0.2, -0.15) is 0 Å². The third-order valence-electron chi connectivity index (χ3n) is 4.44. The summed E-state index contributed by atoms with van der Waals surface area (Å²) in [4.78, 5) is 9.99. The summed E-state index contributed by atoms with van der Waals surface area (Å²) in [6.07, 6.45) is 3.79. The summed E-state index contributed by atoms with van der Waals surface area (Å²) < 4.78 is 0. The predicted molar refractivity (Wildman–Crippen MR) is 83.8 cm³/mol. The summed E-state index contributed by atoms with van der Waals surface area (Å²) in [5.74, 6) is 0. The van der Waals surface area contributed by atoms with Crippen molar-refractivity contribution in [1.82, 2.24) is 4.98 Å². The maximum Gasteiger partial charge on any atom is 0.186 e. The van der Waals surface area contributed by atoms with Gasteiger partial charge in [-0.25, -0.2) is 4.98 Å². The van der Waals surface area contributed by atoms with Crippen LogP contribution in [0, 0.1) is 0 Å². The number of hydrogen-bond acceptors (Lipinski definition) is 5. The van der Waals surface area contributed by atoms with Crippen LogP contribution in [0.4, 0.5) is 5.13 Å². The molecular weight excluding hydrogens is 288 g/mol. The zero-order chi connectivity index (χ0) is 13.7. The van der Waals surface area contributed by atoms with Gasteiger partial charge in [0, 0.05) is 16.3 Å². The standard InChI is InChI=1S/C15H18N2OS2/c1-9-10-6-8-19-12(10)5-7-17(9)15-16-14-11(18)3-2-4-13(14)20-15/h6,8-9,11,18H,2-5,7H2,1H3. The van der Waals surface area contributed by atoms with Crippen LogP contribution in [-0.4, -0.2) is 16.6 Å². The summed E-state index contributed by atoms with van der Waals surface area (Å²) in [7, 11) is 0. The Morgan fingerprint density at radius 3 is 3.10 bits per heavy atom. The third kappa shape index (κ3) is 1.91. The first-order valence-corrected chi connectivity index (χ1v) is 8.94. The van der Waals surface area contributed by atoms with Crippen LogP contribution in [0.25, 0.3) is 0 Å². The van der Waals surface area contributed by atoms with Gasteiger partial charge in [-0.15, -0.1) is 22.7 Å². The molecule has 1 aliphatic carbocycles. The molecule has 0 saturated heterocycles. The minimum absolute atomic E-state index is 0.347. The first kappa shape index (κ1) is 12.8. The minimum Gasteiger partial charge on any atom is -0.387 e. The maximum absolute atomic E-state index is 10.1. The quantitative estimate of drug-likeness (QED) is 0.873. The molecule has 106 valence electrons. The highest BCUT2D eigenvalue weighted by Gasteiger charge is 2.30. The fraction of sp³-hybridized carbons (Fsp3) is 0.533. The number of anilines is 1. The van der Waals surface area contributed by atoms with E-state index >= 15 is 0 Å². The molecule has 0 spiro atoms. The van der Waals surface area contributed by atoms with Gasteiger partial charge < -0.3 is 10.0 Å². The van der Waals surface area contributed by atoms with E-state index in [9.17, 15) is 5.11 Å². The number of aromatic nitrogens is 1. The van der Waals surface area contributed by atoms with Crippen molar-refractivity contribution in [1.29, 1.82) is 0 Å². The molecule has 0 amide bonds. The minimum atomic E-state index is -0.347. The van der Waals surface area contributed by atoms with Crippen LogP contribution in [0.5, 0.6) is 0 Å². The Kier molecular flexibility index (Phi) is 3.09. The third-order valence-corrected chi connectivity index (χ3v) is 6.60. The van der Waals surface area contributed by atoms with Gasteiger partial charge in [0.2, 0.25) is 0 Å². The average molecular weight is 306 g/mol. The lowest BCUT2D eigenvalue weighted by atomic mass is 10.0. The van der Waals surface area contributed by atoms with Crippen molar-refractivity contribution in [3.63, 3.8) is 0 Å². The Morgan fingerprint density at radius 1 is 1.35 bits per heavy atom. The molecule has 3 heterocycles. The van der Waals surface area contributed by atoms with Crippen molar-refractivity contribution in [2.45, 2.75) is 44.8 Å². The van der Waals surface area contributed by atoms with Gasteiger partial charge in [0.1, 0.15) is 0 Å². The second-order valence-electron chi connectivity index (χ2n) is 5.63. The number of fused-ring (bicyclic) bond motifs is 2. The van der Waals surface area contributed by atoms with E-state index in [2.05, 4.69) is 23.3 Å². The van der Waals surface area contributed by atoms with Crippen LogP contribution in [0.15, 0.2) is 11.4 Å². The van der Waals surface area contributed by atoms with Crippen molar-refractivity contribution in [2.75, 3.05) is 11.4 Å². The molecule has 0 saturated carbocycles.